The van der Waals surface area contributed by atoms with Gasteiger partial charge >= 0.3 is 0 Å². The standard InChI is InChI=1S/C17H25N3O2.ClH/c1-3-20(4-2)17(22)14-7-5-13(6-8-14)11-19-16(21)15-9-10-18-12-15;/h5-8,15,18H,3-4,9-12H2,1-2H3,(H,19,21);1H. The molecule has 2 N–H and O–H groups in total. The summed E-state index contributed by atoms with van der Waals surface area (Å²) < 4.78 is 0. The number of benzene rings is 1. The summed E-state index contributed by atoms with van der Waals surface area (Å²) in [6, 6.07) is 7.48. The van der Waals surface area contributed by atoms with Crippen LogP contribution in [0.1, 0.15) is 36.2 Å². The Kier molecular flexibility index (Phi) is 8.06. The fourth-order valence-electron chi connectivity index (χ4n) is 2.67. The first-order valence-corrected chi connectivity index (χ1v) is 8.02. The Morgan fingerprint density at radius 2 is 1.87 bits per heavy atom. The van der Waals surface area contributed by atoms with E-state index in [-0.39, 0.29) is 30.1 Å². The van der Waals surface area contributed by atoms with Crippen LogP contribution in [0.15, 0.2) is 24.3 Å². The van der Waals surface area contributed by atoms with Crippen LogP contribution in [0.2, 0.25) is 0 Å². The molecule has 1 heterocycles. The van der Waals surface area contributed by atoms with Gasteiger partial charge in [0.05, 0.1) is 5.92 Å². The molecule has 128 valence electrons. The number of hydrogen-bond donors (Lipinski definition) is 2. The van der Waals surface area contributed by atoms with Crippen molar-refractivity contribution >= 4 is 24.2 Å². The summed E-state index contributed by atoms with van der Waals surface area (Å²) in [5, 5.41) is 6.15. The van der Waals surface area contributed by atoms with E-state index in [2.05, 4.69) is 10.6 Å². The van der Waals surface area contributed by atoms with Crippen molar-refractivity contribution in [1.29, 1.82) is 0 Å². The molecule has 1 aromatic rings. The third kappa shape index (κ3) is 5.22. The Morgan fingerprint density at radius 3 is 2.39 bits per heavy atom. The highest BCUT2D eigenvalue weighted by molar-refractivity contribution is 5.94. The molecule has 0 spiro atoms. The molecule has 1 atom stereocenters. The van der Waals surface area contributed by atoms with Gasteiger partial charge in [-0.3, -0.25) is 9.59 Å². The summed E-state index contributed by atoms with van der Waals surface area (Å²) in [4.78, 5) is 26.0. The van der Waals surface area contributed by atoms with Crippen molar-refractivity contribution in [3.8, 4) is 0 Å². The van der Waals surface area contributed by atoms with Crippen LogP contribution < -0.4 is 10.6 Å². The van der Waals surface area contributed by atoms with Gasteiger partial charge in [-0.1, -0.05) is 12.1 Å². The second kappa shape index (κ2) is 9.53. The van der Waals surface area contributed by atoms with Crippen molar-refractivity contribution in [1.82, 2.24) is 15.5 Å². The van der Waals surface area contributed by atoms with Crippen LogP contribution in [0.4, 0.5) is 0 Å². The number of nitrogens with zero attached hydrogens (tertiary/aromatic N) is 1. The third-order valence-corrected chi connectivity index (χ3v) is 4.15. The second-order valence-corrected chi connectivity index (χ2v) is 5.58. The Labute approximate surface area is 144 Å². The zero-order chi connectivity index (χ0) is 15.9. The van der Waals surface area contributed by atoms with Crippen molar-refractivity contribution in [2.75, 3.05) is 26.2 Å². The minimum atomic E-state index is 0. The minimum absolute atomic E-state index is 0. The Balaban J connectivity index is 0.00000264. The van der Waals surface area contributed by atoms with E-state index in [1.54, 1.807) is 4.90 Å². The summed E-state index contributed by atoms with van der Waals surface area (Å²) in [5.74, 6) is 0.245. The molecular weight excluding hydrogens is 314 g/mol. The number of halogens is 1. The molecule has 0 radical (unpaired) electrons. The number of hydrogen-bond acceptors (Lipinski definition) is 3. The van der Waals surface area contributed by atoms with Crippen molar-refractivity contribution < 1.29 is 9.59 Å². The number of nitrogens with one attached hydrogen (secondary N) is 2. The van der Waals surface area contributed by atoms with Crippen LogP contribution in [-0.2, 0) is 11.3 Å². The quantitative estimate of drug-likeness (QED) is 0.831. The SMILES string of the molecule is CCN(CC)C(=O)c1ccc(CNC(=O)C2CCNC2)cc1.Cl. The van der Waals surface area contributed by atoms with Gasteiger partial charge in [0, 0.05) is 31.7 Å². The van der Waals surface area contributed by atoms with Crippen molar-refractivity contribution in [2.45, 2.75) is 26.8 Å². The first-order valence-electron chi connectivity index (χ1n) is 8.02. The van der Waals surface area contributed by atoms with Gasteiger partial charge in [0.2, 0.25) is 5.91 Å². The molecular formula is C17H26ClN3O2. The average molecular weight is 340 g/mol. The van der Waals surface area contributed by atoms with Crippen molar-refractivity contribution in [3.05, 3.63) is 35.4 Å². The van der Waals surface area contributed by atoms with E-state index >= 15 is 0 Å². The lowest BCUT2D eigenvalue weighted by Crippen LogP contribution is -2.31. The lowest BCUT2D eigenvalue weighted by atomic mass is 10.1. The highest BCUT2D eigenvalue weighted by Crippen LogP contribution is 2.10. The molecule has 1 aliphatic rings. The second-order valence-electron chi connectivity index (χ2n) is 5.58. The zero-order valence-corrected chi connectivity index (χ0v) is 14.6. The molecule has 23 heavy (non-hydrogen) atoms. The van der Waals surface area contributed by atoms with Crippen LogP contribution in [0.25, 0.3) is 0 Å². The van der Waals surface area contributed by atoms with Gasteiger partial charge in [-0.15, -0.1) is 12.4 Å². The molecule has 0 aliphatic carbocycles. The predicted molar refractivity (Wildman–Crippen MR) is 93.8 cm³/mol. The molecule has 2 amide bonds. The Hall–Kier alpha value is -1.59. The van der Waals surface area contributed by atoms with Crippen LogP contribution in [0, 0.1) is 5.92 Å². The topological polar surface area (TPSA) is 61.4 Å². The minimum Gasteiger partial charge on any atom is -0.352 e. The molecule has 0 bridgehead atoms. The van der Waals surface area contributed by atoms with E-state index in [4.69, 9.17) is 0 Å². The van der Waals surface area contributed by atoms with Gasteiger partial charge in [0.15, 0.2) is 0 Å². The first-order chi connectivity index (χ1) is 10.7. The van der Waals surface area contributed by atoms with E-state index < -0.39 is 0 Å². The van der Waals surface area contributed by atoms with Gasteiger partial charge in [-0.2, -0.15) is 0 Å². The van der Waals surface area contributed by atoms with E-state index in [1.807, 2.05) is 38.1 Å². The fourth-order valence-corrected chi connectivity index (χ4v) is 2.67. The first kappa shape index (κ1) is 19.5. The van der Waals surface area contributed by atoms with E-state index in [1.165, 1.54) is 0 Å². The number of carbonyl (C=O) groups excluding carboxylic acids is 2. The molecule has 5 nitrogen and oxygen atoms in total. The van der Waals surface area contributed by atoms with Crippen molar-refractivity contribution in [2.24, 2.45) is 5.92 Å². The average Bonchev–Trinajstić information content (AvgIpc) is 3.08. The van der Waals surface area contributed by atoms with Gasteiger partial charge < -0.3 is 15.5 Å². The molecule has 1 aliphatic heterocycles. The Morgan fingerprint density at radius 1 is 1.22 bits per heavy atom. The molecule has 2 rings (SSSR count). The molecule has 0 aromatic heterocycles. The summed E-state index contributed by atoms with van der Waals surface area (Å²) in [6.07, 6.45) is 0.906. The molecule has 6 heteroatoms. The van der Waals surface area contributed by atoms with E-state index in [0.29, 0.717) is 25.2 Å². The van der Waals surface area contributed by atoms with Crippen LogP contribution in [0.5, 0.6) is 0 Å². The number of rotatable bonds is 6. The van der Waals surface area contributed by atoms with Gasteiger partial charge in [0.1, 0.15) is 0 Å². The molecule has 1 aromatic carbocycles. The summed E-state index contributed by atoms with van der Waals surface area (Å²) in [7, 11) is 0. The van der Waals surface area contributed by atoms with E-state index in [0.717, 1.165) is 25.1 Å². The summed E-state index contributed by atoms with van der Waals surface area (Å²) in [5.41, 5.74) is 1.70. The predicted octanol–water partition coefficient (Wildman–Crippen LogP) is 1.82. The summed E-state index contributed by atoms with van der Waals surface area (Å²) >= 11 is 0. The monoisotopic (exact) mass is 339 g/mol. The molecule has 1 fully saturated rings. The highest BCUT2D eigenvalue weighted by Gasteiger charge is 2.21. The van der Waals surface area contributed by atoms with Gasteiger partial charge in [-0.05, 0) is 44.5 Å². The molecule has 0 saturated carbocycles. The lowest BCUT2D eigenvalue weighted by Gasteiger charge is -2.18. The Bertz CT molecular complexity index is 509. The normalized spacial score (nSPS) is 16.5. The number of carbonyl (C=O) groups is 2. The van der Waals surface area contributed by atoms with Crippen LogP contribution in [-0.4, -0.2) is 42.9 Å². The third-order valence-electron chi connectivity index (χ3n) is 4.15. The maximum atomic E-state index is 12.2. The zero-order valence-electron chi connectivity index (χ0n) is 13.8. The largest absolute Gasteiger partial charge is 0.352 e. The maximum Gasteiger partial charge on any atom is 0.253 e. The van der Waals surface area contributed by atoms with Crippen molar-refractivity contribution in [3.63, 3.8) is 0 Å². The number of amides is 2. The smallest absolute Gasteiger partial charge is 0.253 e. The molecule has 1 unspecified atom stereocenters. The van der Waals surface area contributed by atoms with E-state index in [9.17, 15) is 9.59 Å². The van der Waals surface area contributed by atoms with Crippen LogP contribution >= 0.6 is 12.4 Å². The van der Waals surface area contributed by atoms with Gasteiger partial charge in [0.25, 0.3) is 5.91 Å². The highest BCUT2D eigenvalue weighted by atomic mass is 35.5. The summed E-state index contributed by atoms with van der Waals surface area (Å²) in [6.45, 7) is 7.57. The van der Waals surface area contributed by atoms with Crippen LogP contribution in [0.3, 0.4) is 0 Å². The molecule has 1 saturated heterocycles. The fraction of sp³-hybridized carbons (Fsp3) is 0.529. The maximum absolute atomic E-state index is 12.2. The lowest BCUT2D eigenvalue weighted by molar-refractivity contribution is -0.124. The van der Waals surface area contributed by atoms with Gasteiger partial charge in [-0.25, -0.2) is 0 Å².